The second-order valence-electron chi connectivity index (χ2n) is 3.78. The standard InChI is InChI=1S/C12H14N6O/c1-2-4-13-9-3-5-14-10(8-9)11(19)17-12-15-6-7-16-18-12/h3,5-8H,2,4H2,1H3,(H,13,14)(H,15,17,18,19). The third-order valence-electron chi connectivity index (χ3n) is 2.28. The van der Waals surface area contributed by atoms with E-state index in [1.807, 2.05) is 6.07 Å². The molecule has 0 aromatic carbocycles. The van der Waals surface area contributed by atoms with Crippen LogP contribution in [0.5, 0.6) is 0 Å². The van der Waals surface area contributed by atoms with Crippen LogP contribution in [-0.4, -0.2) is 32.6 Å². The summed E-state index contributed by atoms with van der Waals surface area (Å²) in [5.41, 5.74) is 1.16. The van der Waals surface area contributed by atoms with Crippen molar-refractivity contribution in [3.05, 3.63) is 36.4 Å². The van der Waals surface area contributed by atoms with Gasteiger partial charge in [0.25, 0.3) is 5.91 Å². The van der Waals surface area contributed by atoms with Gasteiger partial charge in [0.1, 0.15) is 5.69 Å². The number of hydrogen-bond acceptors (Lipinski definition) is 6. The minimum Gasteiger partial charge on any atom is -0.385 e. The van der Waals surface area contributed by atoms with Crippen molar-refractivity contribution in [2.45, 2.75) is 13.3 Å². The highest BCUT2D eigenvalue weighted by Gasteiger charge is 2.09. The van der Waals surface area contributed by atoms with Gasteiger partial charge in [-0.25, -0.2) is 4.98 Å². The van der Waals surface area contributed by atoms with Crippen LogP contribution < -0.4 is 10.6 Å². The van der Waals surface area contributed by atoms with E-state index in [1.165, 1.54) is 12.4 Å². The van der Waals surface area contributed by atoms with Crippen LogP contribution in [0.1, 0.15) is 23.8 Å². The molecular formula is C12H14N6O. The Hall–Kier alpha value is -2.57. The topological polar surface area (TPSA) is 92.7 Å². The van der Waals surface area contributed by atoms with Gasteiger partial charge in [0.2, 0.25) is 5.95 Å². The van der Waals surface area contributed by atoms with Gasteiger partial charge in [0, 0.05) is 18.4 Å². The van der Waals surface area contributed by atoms with Gasteiger partial charge in [-0.3, -0.25) is 15.1 Å². The Morgan fingerprint density at radius 2 is 2.16 bits per heavy atom. The van der Waals surface area contributed by atoms with Crippen LogP contribution in [0.25, 0.3) is 0 Å². The Bertz CT molecular complexity index is 545. The van der Waals surface area contributed by atoms with Crippen LogP contribution in [0, 0.1) is 0 Å². The van der Waals surface area contributed by atoms with Gasteiger partial charge in [-0.05, 0) is 18.6 Å². The van der Waals surface area contributed by atoms with Gasteiger partial charge in [-0.2, -0.15) is 5.10 Å². The molecule has 2 aromatic heterocycles. The lowest BCUT2D eigenvalue weighted by Gasteiger charge is -2.06. The Morgan fingerprint density at radius 3 is 2.89 bits per heavy atom. The number of nitrogens with zero attached hydrogens (tertiary/aromatic N) is 4. The lowest BCUT2D eigenvalue weighted by Crippen LogP contribution is -2.16. The molecule has 7 heteroatoms. The summed E-state index contributed by atoms with van der Waals surface area (Å²) >= 11 is 0. The molecule has 2 rings (SSSR count). The van der Waals surface area contributed by atoms with Crippen molar-refractivity contribution in [2.24, 2.45) is 0 Å². The van der Waals surface area contributed by atoms with Crippen molar-refractivity contribution >= 4 is 17.5 Å². The maximum atomic E-state index is 11.9. The Kier molecular flexibility index (Phi) is 4.33. The average Bonchev–Trinajstić information content (AvgIpc) is 2.46. The smallest absolute Gasteiger partial charge is 0.276 e. The van der Waals surface area contributed by atoms with Crippen LogP contribution in [0.4, 0.5) is 11.6 Å². The van der Waals surface area contributed by atoms with E-state index in [0.717, 1.165) is 18.7 Å². The quantitative estimate of drug-likeness (QED) is 0.840. The molecule has 0 fully saturated rings. The fourth-order valence-corrected chi connectivity index (χ4v) is 1.40. The average molecular weight is 258 g/mol. The maximum Gasteiger partial charge on any atom is 0.276 e. The fraction of sp³-hybridized carbons (Fsp3) is 0.250. The first-order valence-corrected chi connectivity index (χ1v) is 5.94. The van der Waals surface area contributed by atoms with Crippen LogP contribution >= 0.6 is 0 Å². The Labute approximate surface area is 110 Å². The number of nitrogens with one attached hydrogen (secondary N) is 2. The van der Waals surface area contributed by atoms with Crippen molar-refractivity contribution in [1.82, 2.24) is 20.2 Å². The highest BCUT2D eigenvalue weighted by atomic mass is 16.2. The molecule has 1 amide bonds. The highest BCUT2D eigenvalue weighted by molar-refractivity contribution is 6.02. The first-order chi connectivity index (χ1) is 9.29. The molecule has 0 radical (unpaired) electrons. The van der Waals surface area contributed by atoms with Crippen LogP contribution in [-0.2, 0) is 0 Å². The molecule has 0 atom stereocenters. The van der Waals surface area contributed by atoms with Gasteiger partial charge >= 0.3 is 0 Å². The van der Waals surface area contributed by atoms with E-state index in [1.54, 1.807) is 12.3 Å². The molecule has 0 saturated heterocycles. The third-order valence-corrected chi connectivity index (χ3v) is 2.28. The number of rotatable bonds is 5. The predicted molar refractivity (Wildman–Crippen MR) is 70.8 cm³/mol. The van der Waals surface area contributed by atoms with Crippen LogP contribution in [0.15, 0.2) is 30.7 Å². The number of anilines is 2. The number of pyridine rings is 1. The van der Waals surface area contributed by atoms with Crippen LogP contribution in [0.2, 0.25) is 0 Å². The molecule has 0 bridgehead atoms. The zero-order chi connectivity index (χ0) is 13.5. The molecule has 0 aliphatic heterocycles. The third kappa shape index (κ3) is 3.70. The summed E-state index contributed by atoms with van der Waals surface area (Å²) in [5, 5.41) is 13.0. The molecule has 0 unspecified atom stereocenters. The van der Waals surface area contributed by atoms with Crippen molar-refractivity contribution in [1.29, 1.82) is 0 Å². The molecule has 0 aliphatic rings. The Morgan fingerprint density at radius 1 is 1.26 bits per heavy atom. The number of aromatic nitrogens is 4. The molecule has 0 saturated carbocycles. The molecular weight excluding hydrogens is 244 g/mol. The van der Waals surface area contributed by atoms with Crippen molar-refractivity contribution in [3.63, 3.8) is 0 Å². The summed E-state index contributed by atoms with van der Waals surface area (Å²) in [6.07, 6.45) is 5.48. The number of carbonyl (C=O) groups excluding carboxylic acids is 1. The molecule has 0 aliphatic carbocycles. The molecule has 2 heterocycles. The van der Waals surface area contributed by atoms with E-state index in [4.69, 9.17) is 0 Å². The normalized spacial score (nSPS) is 9.95. The monoisotopic (exact) mass is 258 g/mol. The summed E-state index contributed by atoms with van der Waals surface area (Å²) in [4.78, 5) is 19.8. The largest absolute Gasteiger partial charge is 0.385 e. The van der Waals surface area contributed by atoms with E-state index in [0.29, 0.717) is 5.69 Å². The minimum atomic E-state index is -0.367. The zero-order valence-corrected chi connectivity index (χ0v) is 10.5. The molecule has 98 valence electrons. The van der Waals surface area contributed by atoms with Crippen molar-refractivity contribution in [3.8, 4) is 0 Å². The van der Waals surface area contributed by atoms with Crippen molar-refractivity contribution < 1.29 is 4.79 Å². The van der Waals surface area contributed by atoms with Crippen molar-refractivity contribution in [2.75, 3.05) is 17.2 Å². The van der Waals surface area contributed by atoms with Gasteiger partial charge in [-0.1, -0.05) is 6.92 Å². The lowest BCUT2D eigenvalue weighted by molar-refractivity contribution is 0.102. The van der Waals surface area contributed by atoms with E-state index in [-0.39, 0.29) is 11.9 Å². The van der Waals surface area contributed by atoms with E-state index < -0.39 is 0 Å². The molecule has 0 spiro atoms. The maximum absolute atomic E-state index is 11.9. The summed E-state index contributed by atoms with van der Waals surface area (Å²) in [7, 11) is 0. The summed E-state index contributed by atoms with van der Waals surface area (Å²) < 4.78 is 0. The lowest BCUT2D eigenvalue weighted by atomic mass is 10.3. The second kappa shape index (κ2) is 6.39. The summed E-state index contributed by atoms with van der Waals surface area (Å²) in [5.74, 6) is -0.214. The summed E-state index contributed by atoms with van der Waals surface area (Å²) in [6, 6.07) is 3.49. The van der Waals surface area contributed by atoms with Gasteiger partial charge in [0.05, 0.1) is 12.4 Å². The number of amides is 1. The molecule has 19 heavy (non-hydrogen) atoms. The molecule has 7 nitrogen and oxygen atoms in total. The number of carbonyl (C=O) groups is 1. The first kappa shape index (κ1) is 12.9. The van der Waals surface area contributed by atoms with Gasteiger partial charge < -0.3 is 5.32 Å². The van der Waals surface area contributed by atoms with E-state index >= 15 is 0 Å². The summed E-state index contributed by atoms with van der Waals surface area (Å²) in [6.45, 7) is 2.92. The second-order valence-corrected chi connectivity index (χ2v) is 3.78. The minimum absolute atomic E-state index is 0.154. The van der Waals surface area contributed by atoms with E-state index in [2.05, 4.69) is 37.7 Å². The highest BCUT2D eigenvalue weighted by Crippen LogP contribution is 2.09. The van der Waals surface area contributed by atoms with Crippen LogP contribution in [0.3, 0.4) is 0 Å². The predicted octanol–water partition coefficient (Wildman–Crippen LogP) is 1.34. The SMILES string of the molecule is CCCNc1ccnc(C(=O)Nc2nccnn2)c1. The van der Waals surface area contributed by atoms with E-state index in [9.17, 15) is 4.79 Å². The first-order valence-electron chi connectivity index (χ1n) is 5.94. The van der Waals surface area contributed by atoms with Gasteiger partial charge in [0.15, 0.2) is 0 Å². The van der Waals surface area contributed by atoms with Gasteiger partial charge in [-0.15, -0.1) is 5.10 Å². The fourth-order valence-electron chi connectivity index (χ4n) is 1.40. The molecule has 2 aromatic rings. The number of hydrogen-bond donors (Lipinski definition) is 2. The zero-order valence-electron chi connectivity index (χ0n) is 10.5. The Balaban J connectivity index is 2.06. The molecule has 2 N–H and O–H groups in total.